The lowest BCUT2D eigenvalue weighted by molar-refractivity contribution is 0.314. The van der Waals surface area contributed by atoms with Gasteiger partial charge in [0.1, 0.15) is 0 Å². The van der Waals surface area contributed by atoms with E-state index in [1.165, 1.54) is 9.44 Å². The molecule has 0 fully saturated rings. The molecule has 32 heavy (non-hydrogen) atoms. The summed E-state index contributed by atoms with van der Waals surface area (Å²) in [5.41, 5.74) is 4.16. The monoisotopic (exact) mass is 444 g/mol. The number of pyridine rings is 1. The molecule has 0 radical (unpaired) electrons. The molecular formula is C25H24N4O2S. The van der Waals surface area contributed by atoms with Crippen LogP contribution in [-0.4, -0.2) is 39.4 Å². The van der Waals surface area contributed by atoms with Crippen molar-refractivity contribution in [2.75, 3.05) is 13.6 Å². The molecule has 0 unspecified atom stereocenters. The van der Waals surface area contributed by atoms with E-state index in [1.54, 1.807) is 23.6 Å². The summed E-state index contributed by atoms with van der Waals surface area (Å²) in [6.45, 7) is 5.89. The summed E-state index contributed by atoms with van der Waals surface area (Å²) in [4.78, 5) is 26.1. The van der Waals surface area contributed by atoms with Crippen molar-refractivity contribution in [3.05, 3.63) is 80.1 Å². The highest BCUT2D eigenvalue weighted by Crippen LogP contribution is 2.31. The third-order valence-corrected chi connectivity index (χ3v) is 7.06. The van der Waals surface area contributed by atoms with Gasteiger partial charge in [0.25, 0.3) is 5.56 Å². The smallest absolute Gasteiger partial charge is 0.265 e. The molecule has 3 heterocycles. The highest BCUT2D eigenvalue weighted by Gasteiger charge is 2.19. The third-order valence-electron chi connectivity index (χ3n) is 6.07. The number of thiazole rings is 1. The maximum absolute atomic E-state index is 13.3. The Morgan fingerprint density at radius 2 is 1.91 bits per heavy atom. The van der Waals surface area contributed by atoms with Gasteiger partial charge in [0.2, 0.25) is 11.0 Å². The lowest BCUT2D eigenvalue weighted by Gasteiger charge is -2.20. The Hall–Kier alpha value is -3.29. The second-order valence-corrected chi connectivity index (χ2v) is 9.37. The first-order chi connectivity index (χ1) is 15.4. The van der Waals surface area contributed by atoms with E-state index in [2.05, 4.69) is 21.9 Å². The molecule has 0 aliphatic carbocycles. The van der Waals surface area contributed by atoms with Crippen molar-refractivity contribution in [2.24, 2.45) is 4.99 Å². The van der Waals surface area contributed by atoms with E-state index < -0.39 is 0 Å². The van der Waals surface area contributed by atoms with Gasteiger partial charge in [-0.05, 0) is 50.2 Å². The number of likely N-dealkylation sites (N-methyl/N-ethyl adjacent to an activating group) is 1. The van der Waals surface area contributed by atoms with Gasteiger partial charge < -0.3 is 10.0 Å². The Bertz CT molecular complexity index is 1430. The van der Waals surface area contributed by atoms with Crippen LogP contribution in [0, 0.1) is 13.8 Å². The predicted octanol–water partition coefficient (Wildman–Crippen LogP) is 4.51. The van der Waals surface area contributed by atoms with Gasteiger partial charge in [-0.25, -0.2) is 14.5 Å². The van der Waals surface area contributed by atoms with Gasteiger partial charge >= 0.3 is 0 Å². The van der Waals surface area contributed by atoms with Crippen LogP contribution in [0.4, 0.5) is 5.13 Å². The number of hydrogen-bond donors (Lipinski definition) is 1. The second kappa shape index (κ2) is 8.00. The van der Waals surface area contributed by atoms with Crippen molar-refractivity contribution in [3.8, 4) is 11.6 Å². The SMILES string of the molecule is Cc1ccc(-n2c(O)c(/C=N/c3nc4c(s3)CN(C)CC4)c3ccccc3c2=O)cc1C. The average molecular weight is 445 g/mol. The minimum absolute atomic E-state index is 0.123. The number of aryl methyl sites for hydroxylation is 2. The molecule has 0 saturated carbocycles. The number of aromatic nitrogens is 2. The summed E-state index contributed by atoms with van der Waals surface area (Å²) in [5.74, 6) is -0.123. The fraction of sp³-hybridized carbons (Fsp3) is 0.240. The van der Waals surface area contributed by atoms with E-state index in [-0.39, 0.29) is 11.4 Å². The largest absolute Gasteiger partial charge is 0.494 e. The zero-order valence-electron chi connectivity index (χ0n) is 18.3. The van der Waals surface area contributed by atoms with Crippen LogP contribution in [0.3, 0.4) is 0 Å². The molecule has 6 nitrogen and oxygen atoms in total. The highest BCUT2D eigenvalue weighted by molar-refractivity contribution is 7.15. The Labute approximate surface area is 190 Å². The van der Waals surface area contributed by atoms with Gasteiger partial charge in [-0.2, -0.15) is 0 Å². The van der Waals surface area contributed by atoms with Crippen molar-refractivity contribution in [1.29, 1.82) is 0 Å². The van der Waals surface area contributed by atoms with E-state index >= 15 is 0 Å². The quantitative estimate of drug-likeness (QED) is 0.472. The molecule has 0 atom stereocenters. The van der Waals surface area contributed by atoms with Crippen LogP contribution in [-0.2, 0) is 13.0 Å². The van der Waals surface area contributed by atoms with Gasteiger partial charge in [0.05, 0.1) is 16.9 Å². The third kappa shape index (κ3) is 3.53. The zero-order chi connectivity index (χ0) is 22.4. The Kier molecular flexibility index (Phi) is 5.15. The van der Waals surface area contributed by atoms with E-state index in [9.17, 15) is 9.90 Å². The topological polar surface area (TPSA) is 70.7 Å². The Balaban J connectivity index is 1.67. The van der Waals surface area contributed by atoms with E-state index in [0.29, 0.717) is 27.2 Å². The number of rotatable bonds is 3. The van der Waals surface area contributed by atoms with Gasteiger partial charge in [-0.1, -0.05) is 35.6 Å². The molecule has 0 spiro atoms. The second-order valence-electron chi connectivity index (χ2n) is 8.30. The lowest BCUT2D eigenvalue weighted by Crippen LogP contribution is -2.25. The standard InChI is InChI=1S/C25H24N4O2S/c1-15-8-9-17(12-16(15)2)29-23(30)19-7-5-4-6-18(19)20(24(29)31)13-26-25-27-21-10-11-28(3)14-22(21)32-25/h4-9,12-13,31H,10-11,14H2,1-3H3/b26-13+. The molecule has 0 saturated heterocycles. The maximum Gasteiger partial charge on any atom is 0.265 e. The molecule has 4 aromatic rings. The van der Waals surface area contributed by atoms with Crippen LogP contribution in [0.5, 0.6) is 5.88 Å². The summed E-state index contributed by atoms with van der Waals surface area (Å²) >= 11 is 1.58. The fourth-order valence-corrected chi connectivity index (χ4v) is 5.11. The molecule has 1 aliphatic heterocycles. The van der Waals surface area contributed by atoms with E-state index in [1.807, 2.05) is 50.2 Å². The van der Waals surface area contributed by atoms with Crippen LogP contribution in [0.15, 0.2) is 52.3 Å². The van der Waals surface area contributed by atoms with Crippen LogP contribution >= 0.6 is 11.3 Å². The van der Waals surface area contributed by atoms with E-state index in [4.69, 9.17) is 0 Å². The maximum atomic E-state index is 13.3. The van der Waals surface area contributed by atoms with Gasteiger partial charge in [-0.3, -0.25) is 4.79 Å². The molecule has 0 amide bonds. The lowest BCUT2D eigenvalue weighted by atomic mass is 10.1. The van der Waals surface area contributed by atoms with Crippen LogP contribution in [0.25, 0.3) is 16.5 Å². The van der Waals surface area contributed by atoms with Crippen LogP contribution < -0.4 is 5.56 Å². The average Bonchev–Trinajstić information content (AvgIpc) is 3.18. The first-order valence-corrected chi connectivity index (χ1v) is 11.4. The van der Waals surface area contributed by atoms with Gasteiger partial charge in [-0.15, -0.1) is 0 Å². The number of aliphatic imine (C=N–C) groups is 1. The molecule has 5 rings (SSSR count). The summed E-state index contributed by atoms with van der Waals surface area (Å²) in [6.07, 6.45) is 2.55. The van der Waals surface area contributed by atoms with Crippen molar-refractivity contribution >= 4 is 33.5 Å². The first kappa shape index (κ1) is 20.6. The molecule has 2 aromatic heterocycles. The first-order valence-electron chi connectivity index (χ1n) is 10.6. The van der Waals surface area contributed by atoms with E-state index in [0.717, 1.165) is 36.3 Å². The molecule has 2 aromatic carbocycles. The number of aromatic hydroxyl groups is 1. The summed E-state index contributed by atoms with van der Waals surface area (Å²) < 4.78 is 1.36. The predicted molar refractivity (Wildman–Crippen MR) is 130 cm³/mol. The van der Waals surface area contributed by atoms with Gasteiger partial charge in [0.15, 0.2) is 0 Å². The Morgan fingerprint density at radius 1 is 1.12 bits per heavy atom. The number of hydrogen-bond acceptors (Lipinski definition) is 6. The number of fused-ring (bicyclic) bond motifs is 2. The summed E-state index contributed by atoms with van der Waals surface area (Å²) in [6, 6.07) is 13.0. The van der Waals surface area contributed by atoms with Crippen molar-refractivity contribution in [1.82, 2.24) is 14.5 Å². The molecular weight excluding hydrogens is 420 g/mol. The highest BCUT2D eigenvalue weighted by atomic mass is 32.1. The minimum atomic E-state index is -0.258. The summed E-state index contributed by atoms with van der Waals surface area (Å²) in [7, 11) is 2.10. The zero-order valence-corrected chi connectivity index (χ0v) is 19.1. The van der Waals surface area contributed by atoms with Gasteiger partial charge in [0, 0.05) is 41.4 Å². The normalized spacial score (nSPS) is 14.3. The Morgan fingerprint density at radius 3 is 2.69 bits per heavy atom. The van der Waals surface area contributed by atoms with Crippen molar-refractivity contribution in [3.63, 3.8) is 0 Å². The summed E-state index contributed by atoms with van der Waals surface area (Å²) in [5, 5.41) is 13.1. The fourth-order valence-electron chi connectivity index (χ4n) is 4.08. The molecule has 1 N–H and O–H groups in total. The number of benzene rings is 2. The van der Waals surface area contributed by atoms with Crippen LogP contribution in [0.1, 0.15) is 27.3 Å². The minimum Gasteiger partial charge on any atom is -0.494 e. The molecule has 1 aliphatic rings. The molecule has 0 bridgehead atoms. The van der Waals surface area contributed by atoms with Crippen LogP contribution in [0.2, 0.25) is 0 Å². The van der Waals surface area contributed by atoms with Crippen molar-refractivity contribution < 1.29 is 5.11 Å². The molecule has 7 heteroatoms. The molecule has 162 valence electrons. The number of nitrogens with zero attached hydrogens (tertiary/aromatic N) is 4. The van der Waals surface area contributed by atoms with Crippen molar-refractivity contribution in [2.45, 2.75) is 26.8 Å².